The van der Waals surface area contributed by atoms with Crippen molar-refractivity contribution >= 4 is 11.7 Å². The maximum Gasteiger partial charge on any atom is 0.321 e. The van der Waals surface area contributed by atoms with Crippen LogP contribution < -0.4 is 10.1 Å². The van der Waals surface area contributed by atoms with Crippen molar-refractivity contribution in [2.75, 3.05) is 45.6 Å². The maximum atomic E-state index is 12.9. The van der Waals surface area contributed by atoms with Gasteiger partial charge in [-0.25, -0.2) is 4.79 Å². The number of benzene rings is 3. The van der Waals surface area contributed by atoms with E-state index < -0.39 is 12.2 Å². The molecule has 2 unspecified atom stereocenters. The minimum absolute atomic E-state index is 0.124. The monoisotopic (exact) mass is 582 g/mol. The van der Waals surface area contributed by atoms with Gasteiger partial charge in [-0.2, -0.15) is 0 Å². The van der Waals surface area contributed by atoms with E-state index in [0.29, 0.717) is 30.9 Å². The maximum absolute atomic E-state index is 12.9. The Morgan fingerprint density at radius 3 is 2.00 bits per heavy atom. The molecule has 2 heterocycles. The number of nitrogens with zero attached hydrogens (tertiary/aromatic N) is 3. The standard InChI is InChI=1S/C21H32N4O4.C14H10/c1-23(2)10-15-9-16-11-24(12-19(26)20(27)13-25(15)16)21(28)22-14-3-5-17(6-4-14)29-18-7-8-18;1-3-7-13(8-4-1)11-12-14-9-5-2-6-10-14/h3-6,15-16,18-20,26-27H,7-13H2,1-2H3,(H,22,28);1-10H/t15-,16+,19?,20?;/m0./s1. The van der Waals surface area contributed by atoms with Crippen LogP contribution in [-0.2, 0) is 0 Å². The highest BCUT2D eigenvalue weighted by Crippen LogP contribution is 2.30. The summed E-state index contributed by atoms with van der Waals surface area (Å²) >= 11 is 0. The molecule has 0 radical (unpaired) electrons. The lowest BCUT2D eigenvalue weighted by Gasteiger charge is -2.53. The number of amides is 2. The van der Waals surface area contributed by atoms with Gasteiger partial charge >= 0.3 is 6.03 Å². The molecule has 3 fully saturated rings. The number of carbonyl (C=O) groups is 1. The van der Waals surface area contributed by atoms with Crippen molar-refractivity contribution in [3.8, 4) is 17.6 Å². The van der Waals surface area contributed by atoms with E-state index in [-0.39, 0.29) is 18.6 Å². The Labute approximate surface area is 254 Å². The molecule has 2 saturated heterocycles. The van der Waals surface area contributed by atoms with Gasteiger partial charge in [0, 0.05) is 48.5 Å². The Hall–Kier alpha value is -3.87. The number of carbonyl (C=O) groups excluding carboxylic acids is 1. The van der Waals surface area contributed by atoms with E-state index in [1.54, 1.807) is 4.90 Å². The van der Waals surface area contributed by atoms with Crippen LogP contribution in [0.3, 0.4) is 0 Å². The zero-order valence-corrected chi connectivity index (χ0v) is 25.0. The number of anilines is 1. The number of β-amino-alcohol motifs (C(OH)–C–C–N with tert-alkyl or cyclic N) is 1. The van der Waals surface area contributed by atoms with Gasteiger partial charge < -0.3 is 30.1 Å². The first-order valence-corrected chi connectivity index (χ1v) is 15.1. The molecule has 8 heteroatoms. The van der Waals surface area contributed by atoms with E-state index in [9.17, 15) is 15.0 Å². The van der Waals surface area contributed by atoms with Crippen LogP contribution in [0.2, 0.25) is 0 Å². The summed E-state index contributed by atoms with van der Waals surface area (Å²) in [5.41, 5.74) is 2.79. The number of hydrogen-bond acceptors (Lipinski definition) is 6. The van der Waals surface area contributed by atoms with Crippen LogP contribution in [-0.4, -0.2) is 102 Å². The fourth-order valence-electron chi connectivity index (χ4n) is 5.39. The SMILES string of the molecule is C(#Cc1ccccc1)c1ccccc1.CN(C)C[C@@H]1C[C@@H]2CN(C(=O)Nc3ccc(OC4CC4)cc3)CC(O)C(O)CN21. The van der Waals surface area contributed by atoms with Gasteiger partial charge in [-0.05, 0) is 81.9 Å². The molecule has 43 heavy (non-hydrogen) atoms. The van der Waals surface area contributed by atoms with Gasteiger partial charge in [0.05, 0.1) is 24.9 Å². The predicted octanol–water partition coefficient (Wildman–Crippen LogP) is 3.89. The van der Waals surface area contributed by atoms with Crippen LogP contribution in [0.25, 0.3) is 0 Å². The van der Waals surface area contributed by atoms with Crippen molar-refractivity contribution in [3.63, 3.8) is 0 Å². The second kappa shape index (κ2) is 14.5. The Balaban J connectivity index is 0.000000220. The number of nitrogens with one attached hydrogen (secondary N) is 1. The molecule has 3 N–H and O–H groups in total. The number of fused-ring (bicyclic) bond motifs is 1. The van der Waals surface area contributed by atoms with Gasteiger partial charge in [0.2, 0.25) is 0 Å². The Kier molecular flexibility index (Phi) is 10.3. The van der Waals surface area contributed by atoms with Crippen molar-refractivity contribution in [2.24, 2.45) is 0 Å². The predicted molar refractivity (Wildman–Crippen MR) is 169 cm³/mol. The molecule has 3 aromatic rings. The number of ether oxygens (including phenoxy) is 1. The summed E-state index contributed by atoms with van der Waals surface area (Å²) in [5.74, 6) is 7.03. The zero-order chi connectivity index (χ0) is 30.2. The van der Waals surface area contributed by atoms with Gasteiger partial charge in [-0.3, -0.25) is 4.90 Å². The topological polar surface area (TPSA) is 88.5 Å². The fourth-order valence-corrected chi connectivity index (χ4v) is 5.39. The summed E-state index contributed by atoms with van der Waals surface area (Å²) < 4.78 is 5.74. The number of aliphatic hydroxyl groups excluding tert-OH is 2. The molecule has 1 aliphatic carbocycles. The third kappa shape index (κ3) is 9.06. The molecule has 226 valence electrons. The van der Waals surface area contributed by atoms with Gasteiger partial charge in [0.15, 0.2) is 0 Å². The molecule has 3 aromatic carbocycles. The zero-order valence-electron chi connectivity index (χ0n) is 25.0. The smallest absolute Gasteiger partial charge is 0.321 e. The Bertz CT molecular complexity index is 1330. The summed E-state index contributed by atoms with van der Waals surface area (Å²) in [7, 11) is 4.06. The summed E-state index contributed by atoms with van der Waals surface area (Å²) in [6, 6.07) is 27.7. The average molecular weight is 583 g/mol. The Morgan fingerprint density at radius 1 is 0.860 bits per heavy atom. The second-order valence-electron chi connectivity index (χ2n) is 11.8. The van der Waals surface area contributed by atoms with E-state index in [1.807, 2.05) is 99.0 Å². The highest BCUT2D eigenvalue weighted by Gasteiger charge is 2.43. The van der Waals surface area contributed by atoms with Gasteiger partial charge in [0.25, 0.3) is 0 Å². The van der Waals surface area contributed by atoms with Gasteiger partial charge in [-0.1, -0.05) is 48.2 Å². The molecule has 2 amide bonds. The second-order valence-corrected chi connectivity index (χ2v) is 11.8. The van der Waals surface area contributed by atoms with Crippen molar-refractivity contribution in [1.29, 1.82) is 0 Å². The van der Waals surface area contributed by atoms with Gasteiger partial charge in [0.1, 0.15) is 5.75 Å². The quantitative estimate of drug-likeness (QED) is 0.396. The van der Waals surface area contributed by atoms with Crippen LogP contribution in [0.4, 0.5) is 10.5 Å². The summed E-state index contributed by atoms with van der Waals surface area (Å²) in [6.45, 7) is 2.02. The van der Waals surface area contributed by atoms with E-state index in [1.165, 1.54) is 0 Å². The highest BCUT2D eigenvalue weighted by molar-refractivity contribution is 5.89. The van der Waals surface area contributed by atoms with E-state index in [2.05, 4.69) is 27.0 Å². The van der Waals surface area contributed by atoms with E-state index >= 15 is 0 Å². The third-order valence-electron chi connectivity index (χ3n) is 7.86. The molecule has 3 aliphatic rings. The number of aliphatic hydroxyl groups is 2. The number of hydrogen-bond donors (Lipinski definition) is 3. The van der Waals surface area contributed by atoms with Crippen molar-refractivity contribution in [1.82, 2.24) is 14.7 Å². The average Bonchev–Trinajstić information content (AvgIpc) is 3.83. The summed E-state index contributed by atoms with van der Waals surface area (Å²) in [5, 5.41) is 23.6. The largest absolute Gasteiger partial charge is 0.490 e. The lowest BCUT2D eigenvalue weighted by molar-refractivity contribution is -0.0921. The van der Waals surface area contributed by atoms with Crippen LogP contribution in [0.1, 0.15) is 30.4 Å². The van der Waals surface area contributed by atoms with Crippen molar-refractivity contribution < 1.29 is 19.7 Å². The van der Waals surface area contributed by atoms with E-state index in [4.69, 9.17) is 4.74 Å². The molecule has 4 atom stereocenters. The number of likely N-dealkylation sites (N-methyl/N-ethyl adjacent to an activating group) is 1. The van der Waals surface area contributed by atoms with Crippen LogP contribution in [0, 0.1) is 11.8 Å². The minimum atomic E-state index is -0.961. The molecule has 2 aliphatic heterocycles. The molecule has 0 spiro atoms. The lowest BCUT2D eigenvalue weighted by Crippen LogP contribution is -2.67. The molecular weight excluding hydrogens is 540 g/mol. The van der Waals surface area contributed by atoms with Crippen molar-refractivity contribution in [3.05, 3.63) is 96.1 Å². The summed E-state index contributed by atoms with van der Waals surface area (Å²) in [4.78, 5) is 18.8. The molecule has 6 rings (SSSR count). The fraction of sp³-hybridized carbons (Fsp3) is 0.400. The molecular formula is C35H42N4O4. The van der Waals surface area contributed by atoms with Crippen LogP contribution >= 0.6 is 0 Å². The van der Waals surface area contributed by atoms with Gasteiger partial charge in [-0.15, -0.1) is 0 Å². The summed E-state index contributed by atoms with van der Waals surface area (Å²) in [6.07, 6.45) is 1.71. The third-order valence-corrected chi connectivity index (χ3v) is 7.86. The van der Waals surface area contributed by atoms with Crippen LogP contribution in [0.15, 0.2) is 84.9 Å². The Morgan fingerprint density at radius 2 is 1.44 bits per heavy atom. The molecule has 0 bridgehead atoms. The van der Waals surface area contributed by atoms with Crippen molar-refractivity contribution in [2.45, 2.75) is 49.7 Å². The van der Waals surface area contributed by atoms with E-state index in [0.717, 1.165) is 42.7 Å². The molecule has 8 nitrogen and oxygen atoms in total. The molecule has 1 saturated carbocycles. The first kappa shape index (κ1) is 30.6. The minimum Gasteiger partial charge on any atom is -0.490 e. The lowest BCUT2D eigenvalue weighted by atomic mass is 9.89. The number of urea groups is 1. The molecule has 0 aromatic heterocycles. The number of rotatable bonds is 5. The normalized spacial score (nSPS) is 23.2. The van der Waals surface area contributed by atoms with Crippen LogP contribution in [0.5, 0.6) is 5.75 Å². The first-order valence-electron chi connectivity index (χ1n) is 15.1. The first-order chi connectivity index (χ1) is 20.8. The highest BCUT2D eigenvalue weighted by atomic mass is 16.5.